The highest BCUT2D eigenvalue weighted by Gasteiger charge is 2.42. The molecule has 0 aliphatic heterocycles. The van der Waals surface area contributed by atoms with Crippen LogP contribution in [0.4, 0.5) is 13.6 Å². The fourth-order valence-electron chi connectivity index (χ4n) is 3.11. The molecule has 1 amide bonds. The highest BCUT2D eigenvalue weighted by Crippen LogP contribution is 2.38. The third-order valence-electron chi connectivity index (χ3n) is 4.31. The molecule has 0 saturated heterocycles. The molecule has 26 heavy (non-hydrogen) atoms. The lowest BCUT2D eigenvalue weighted by Gasteiger charge is -2.33. The topological polar surface area (TPSA) is 92.7 Å². The average molecular weight is 369 g/mol. The number of aliphatic carboxylic acids is 1. The quantitative estimate of drug-likeness (QED) is 0.720. The molecule has 0 heterocycles. The van der Waals surface area contributed by atoms with E-state index in [1.165, 1.54) is 0 Å². The Morgan fingerprint density at radius 2 is 1.96 bits per heavy atom. The van der Waals surface area contributed by atoms with Crippen molar-refractivity contribution in [2.24, 2.45) is 5.92 Å². The molecular formula is C18H21F2NO5. The normalized spacial score (nSPS) is 20.0. The zero-order valence-corrected chi connectivity index (χ0v) is 14.1. The fourth-order valence-corrected chi connectivity index (χ4v) is 3.11. The monoisotopic (exact) mass is 369 g/mol. The van der Waals surface area contributed by atoms with Gasteiger partial charge in [0.1, 0.15) is 13.0 Å². The summed E-state index contributed by atoms with van der Waals surface area (Å²) in [5, 5.41) is 11.1. The number of alkyl halides is 2. The molecule has 1 aromatic carbocycles. The molecule has 1 unspecified atom stereocenters. The first kappa shape index (κ1) is 19.8. The maximum Gasteiger partial charge on any atom is 0.408 e. The van der Waals surface area contributed by atoms with Crippen LogP contribution in [-0.2, 0) is 20.9 Å². The molecule has 2 N–H and O–H groups in total. The molecule has 1 saturated carbocycles. The Morgan fingerprint density at radius 1 is 1.27 bits per heavy atom. The molecule has 1 aliphatic carbocycles. The lowest BCUT2D eigenvalue weighted by Crippen LogP contribution is -2.49. The molecular weight excluding hydrogens is 348 g/mol. The number of alkyl carbamates (subject to hydrolysis) is 1. The highest BCUT2D eigenvalue weighted by atomic mass is 19.3. The van der Waals surface area contributed by atoms with E-state index in [0.717, 1.165) is 5.56 Å². The van der Waals surface area contributed by atoms with E-state index in [4.69, 9.17) is 9.84 Å². The van der Waals surface area contributed by atoms with Gasteiger partial charge in [-0.15, -0.1) is 0 Å². The van der Waals surface area contributed by atoms with Crippen molar-refractivity contribution in [2.45, 2.75) is 50.7 Å². The third kappa shape index (κ3) is 6.09. The Balaban J connectivity index is 2.01. The highest BCUT2D eigenvalue weighted by molar-refractivity contribution is 5.99. The lowest BCUT2D eigenvalue weighted by molar-refractivity contribution is -0.141. The number of halogens is 2. The van der Waals surface area contributed by atoms with Crippen LogP contribution in [0.5, 0.6) is 0 Å². The average Bonchev–Trinajstić information content (AvgIpc) is 2.57. The van der Waals surface area contributed by atoms with E-state index in [9.17, 15) is 23.2 Å². The van der Waals surface area contributed by atoms with Gasteiger partial charge in [-0.25, -0.2) is 13.6 Å². The second kappa shape index (κ2) is 8.73. The third-order valence-corrected chi connectivity index (χ3v) is 4.31. The fraction of sp³-hybridized carbons (Fsp3) is 0.500. The van der Waals surface area contributed by atoms with Crippen molar-refractivity contribution >= 4 is 17.8 Å². The molecule has 0 radical (unpaired) electrons. The van der Waals surface area contributed by atoms with Crippen LogP contribution in [0.3, 0.4) is 0 Å². The van der Waals surface area contributed by atoms with Crippen molar-refractivity contribution in [3.8, 4) is 0 Å². The van der Waals surface area contributed by atoms with Crippen LogP contribution < -0.4 is 5.32 Å². The van der Waals surface area contributed by atoms with Gasteiger partial charge in [-0.1, -0.05) is 30.3 Å². The Hall–Kier alpha value is -2.51. The summed E-state index contributed by atoms with van der Waals surface area (Å²) in [6.45, 7) is -0.0483. The minimum absolute atomic E-state index is 0.0483. The Labute approximate surface area is 149 Å². The number of carbonyl (C=O) groups is 3. The zero-order chi connectivity index (χ0) is 19.2. The van der Waals surface area contributed by atoms with Crippen LogP contribution >= 0.6 is 0 Å². The summed E-state index contributed by atoms with van der Waals surface area (Å²) < 4.78 is 32.4. The number of benzene rings is 1. The van der Waals surface area contributed by atoms with Crippen molar-refractivity contribution in [3.63, 3.8) is 0 Å². The van der Waals surface area contributed by atoms with E-state index in [1.807, 2.05) is 0 Å². The molecule has 1 fully saturated rings. The van der Waals surface area contributed by atoms with E-state index in [1.54, 1.807) is 30.3 Å². The van der Waals surface area contributed by atoms with Gasteiger partial charge in [-0.3, -0.25) is 9.59 Å². The van der Waals surface area contributed by atoms with Gasteiger partial charge in [-0.05, 0) is 24.3 Å². The minimum Gasteiger partial charge on any atom is -0.481 e. The minimum atomic E-state index is -2.93. The second-order valence-corrected chi connectivity index (χ2v) is 6.43. The standard InChI is InChI=1S/C18H21F2NO5/c19-18(20)8-4-7-13(10-18)16(14(22)9-15(23)24)21-17(25)26-11-12-5-2-1-3-6-12/h1-3,5-6,13,16H,4,7-11H2,(H,21,25)(H,23,24)/t13?,16-/m0/s1. The molecule has 2 rings (SSSR count). The van der Waals surface area contributed by atoms with Gasteiger partial charge in [-0.2, -0.15) is 0 Å². The number of hydrogen-bond acceptors (Lipinski definition) is 4. The second-order valence-electron chi connectivity index (χ2n) is 6.43. The van der Waals surface area contributed by atoms with E-state index < -0.39 is 48.6 Å². The van der Waals surface area contributed by atoms with Gasteiger partial charge in [0.05, 0.1) is 6.04 Å². The number of carboxylic acid groups (broad SMARTS) is 1. The van der Waals surface area contributed by atoms with Crippen LogP contribution in [0.2, 0.25) is 0 Å². The number of Topliss-reactive ketones (excluding diaryl/α,β-unsaturated/α-hetero) is 1. The number of amides is 1. The van der Waals surface area contributed by atoms with E-state index in [-0.39, 0.29) is 19.4 Å². The number of ether oxygens (including phenoxy) is 1. The van der Waals surface area contributed by atoms with E-state index in [2.05, 4.69) is 5.32 Å². The van der Waals surface area contributed by atoms with Crippen LogP contribution in [-0.4, -0.2) is 34.9 Å². The van der Waals surface area contributed by atoms with Crippen molar-refractivity contribution in [1.29, 1.82) is 0 Å². The molecule has 0 bridgehead atoms. The first-order chi connectivity index (χ1) is 12.3. The lowest BCUT2D eigenvalue weighted by atomic mass is 9.80. The Kier molecular flexibility index (Phi) is 6.65. The van der Waals surface area contributed by atoms with Crippen LogP contribution in [0.25, 0.3) is 0 Å². The summed E-state index contributed by atoms with van der Waals surface area (Å²) in [4.78, 5) is 35.0. The molecule has 6 nitrogen and oxygen atoms in total. The summed E-state index contributed by atoms with van der Waals surface area (Å²) in [6, 6.07) is 7.50. The summed E-state index contributed by atoms with van der Waals surface area (Å²) in [5.41, 5.74) is 0.722. The number of hydrogen-bond donors (Lipinski definition) is 2. The molecule has 142 valence electrons. The first-order valence-electron chi connectivity index (χ1n) is 8.36. The van der Waals surface area contributed by atoms with Crippen LogP contribution in [0, 0.1) is 5.92 Å². The van der Waals surface area contributed by atoms with Crippen molar-refractivity contribution in [2.75, 3.05) is 0 Å². The summed E-state index contributed by atoms with van der Waals surface area (Å²) in [5.74, 6) is -5.94. The van der Waals surface area contributed by atoms with Crippen molar-refractivity contribution < 1.29 is 33.0 Å². The molecule has 1 aliphatic rings. The molecule has 1 aromatic rings. The number of nitrogens with one attached hydrogen (secondary N) is 1. The van der Waals surface area contributed by atoms with Crippen LogP contribution in [0.15, 0.2) is 30.3 Å². The van der Waals surface area contributed by atoms with Gasteiger partial charge in [0.2, 0.25) is 5.92 Å². The van der Waals surface area contributed by atoms with Gasteiger partial charge in [0.25, 0.3) is 0 Å². The molecule has 8 heteroatoms. The first-order valence-corrected chi connectivity index (χ1v) is 8.36. The van der Waals surface area contributed by atoms with Gasteiger partial charge in [0, 0.05) is 12.8 Å². The maximum atomic E-state index is 13.7. The summed E-state index contributed by atoms with van der Waals surface area (Å²) >= 11 is 0. The SMILES string of the molecule is O=C(O)CC(=O)[C@@H](NC(=O)OCc1ccccc1)C1CCCC(F)(F)C1. The van der Waals surface area contributed by atoms with Gasteiger partial charge >= 0.3 is 12.1 Å². The number of ketones is 1. The van der Waals surface area contributed by atoms with E-state index in [0.29, 0.717) is 6.42 Å². The Morgan fingerprint density at radius 3 is 2.58 bits per heavy atom. The molecule has 0 aromatic heterocycles. The number of rotatable bonds is 7. The predicted molar refractivity (Wildman–Crippen MR) is 87.7 cm³/mol. The van der Waals surface area contributed by atoms with Crippen molar-refractivity contribution in [3.05, 3.63) is 35.9 Å². The number of carbonyl (C=O) groups excluding carboxylic acids is 2. The van der Waals surface area contributed by atoms with E-state index >= 15 is 0 Å². The summed E-state index contributed by atoms with van der Waals surface area (Å²) in [6.07, 6.45) is -2.11. The zero-order valence-electron chi connectivity index (χ0n) is 14.1. The molecule has 2 atom stereocenters. The largest absolute Gasteiger partial charge is 0.481 e. The van der Waals surface area contributed by atoms with Gasteiger partial charge < -0.3 is 15.2 Å². The van der Waals surface area contributed by atoms with Crippen molar-refractivity contribution in [1.82, 2.24) is 5.32 Å². The summed E-state index contributed by atoms with van der Waals surface area (Å²) in [7, 11) is 0. The van der Waals surface area contributed by atoms with Crippen LogP contribution in [0.1, 0.15) is 37.7 Å². The smallest absolute Gasteiger partial charge is 0.408 e. The Bertz CT molecular complexity index is 650. The number of carboxylic acids is 1. The molecule has 0 spiro atoms. The van der Waals surface area contributed by atoms with Gasteiger partial charge in [0.15, 0.2) is 5.78 Å². The predicted octanol–water partition coefficient (Wildman–Crippen LogP) is 3.15. The maximum absolute atomic E-state index is 13.7.